The van der Waals surface area contributed by atoms with Crippen LogP contribution in [0.15, 0.2) is 48.5 Å². The summed E-state index contributed by atoms with van der Waals surface area (Å²) in [7, 11) is 1.56. The standard InChI is InChI=1S/C17H12N2O2/c1-21-12-6-7-17(20)14(9-12)13-8-11-4-2-3-5-15(11)19-16(13)10-18/h2-9,20H,1H3. The monoisotopic (exact) mass is 276 g/mol. The highest BCUT2D eigenvalue weighted by molar-refractivity contribution is 5.87. The second kappa shape index (κ2) is 5.14. The summed E-state index contributed by atoms with van der Waals surface area (Å²) >= 11 is 0. The summed E-state index contributed by atoms with van der Waals surface area (Å²) in [5.74, 6) is 0.698. The first-order valence-electron chi connectivity index (χ1n) is 6.40. The predicted octanol–water partition coefficient (Wildman–Crippen LogP) is 3.49. The summed E-state index contributed by atoms with van der Waals surface area (Å²) in [5.41, 5.74) is 2.15. The van der Waals surface area contributed by atoms with Gasteiger partial charge in [0.2, 0.25) is 0 Å². The lowest BCUT2D eigenvalue weighted by Gasteiger charge is -2.10. The van der Waals surface area contributed by atoms with Gasteiger partial charge in [0, 0.05) is 16.5 Å². The summed E-state index contributed by atoms with van der Waals surface area (Å²) in [4.78, 5) is 4.35. The summed E-state index contributed by atoms with van der Waals surface area (Å²) in [6.45, 7) is 0. The number of fused-ring (bicyclic) bond motifs is 1. The molecule has 1 N–H and O–H groups in total. The number of para-hydroxylation sites is 1. The highest BCUT2D eigenvalue weighted by Crippen LogP contribution is 2.35. The number of aromatic nitrogens is 1. The molecule has 0 saturated carbocycles. The van der Waals surface area contributed by atoms with Crippen LogP contribution in [0, 0.1) is 11.3 Å². The van der Waals surface area contributed by atoms with E-state index in [1.807, 2.05) is 30.3 Å². The number of phenols is 1. The van der Waals surface area contributed by atoms with Crippen molar-refractivity contribution in [3.63, 3.8) is 0 Å². The van der Waals surface area contributed by atoms with Crippen LogP contribution in [-0.4, -0.2) is 17.2 Å². The van der Waals surface area contributed by atoms with Crippen LogP contribution in [0.1, 0.15) is 5.69 Å². The number of aromatic hydroxyl groups is 1. The van der Waals surface area contributed by atoms with Gasteiger partial charge in [-0.05, 0) is 30.3 Å². The van der Waals surface area contributed by atoms with Gasteiger partial charge in [0.15, 0.2) is 0 Å². The van der Waals surface area contributed by atoms with Gasteiger partial charge in [-0.15, -0.1) is 0 Å². The maximum Gasteiger partial charge on any atom is 0.149 e. The topological polar surface area (TPSA) is 66.1 Å². The number of nitriles is 1. The highest BCUT2D eigenvalue weighted by Gasteiger charge is 2.13. The Bertz CT molecular complexity index is 866. The largest absolute Gasteiger partial charge is 0.507 e. The van der Waals surface area contributed by atoms with Crippen LogP contribution in [-0.2, 0) is 0 Å². The fourth-order valence-corrected chi connectivity index (χ4v) is 2.26. The fourth-order valence-electron chi connectivity index (χ4n) is 2.26. The van der Waals surface area contributed by atoms with Crippen molar-refractivity contribution >= 4 is 10.9 Å². The maximum atomic E-state index is 10.1. The lowest BCUT2D eigenvalue weighted by Crippen LogP contribution is -1.92. The van der Waals surface area contributed by atoms with Crippen molar-refractivity contribution < 1.29 is 9.84 Å². The van der Waals surface area contributed by atoms with Gasteiger partial charge in [-0.1, -0.05) is 18.2 Å². The molecule has 0 radical (unpaired) electrons. The molecule has 3 rings (SSSR count). The Hall–Kier alpha value is -3.06. The van der Waals surface area contributed by atoms with E-state index in [0.717, 1.165) is 10.9 Å². The molecule has 0 spiro atoms. The van der Waals surface area contributed by atoms with Crippen LogP contribution < -0.4 is 4.74 Å². The molecule has 0 unspecified atom stereocenters. The Kier molecular flexibility index (Phi) is 3.17. The van der Waals surface area contributed by atoms with Crippen molar-refractivity contribution in [3.8, 4) is 28.7 Å². The van der Waals surface area contributed by atoms with Crippen LogP contribution in [0.2, 0.25) is 0 Å². The molecule has 4 heteroatoms. The molecule has 1 heterocycles. The third-order valence-corrected chi connectivity index (χ3v) is 3.32. The zero-order valence-electron chi connectivity index (χ0n) is 11.4. The van der Waals surface area contributed by atoms with Crippen molar-refractivity contribution in [3.05, 3.63) is 54.2 Å². The third kappa shape index (κ3) is 2.26. The number of pyridine rings is 1. The van der Waals surface area contributed by atoms with Gasteiger partial charge in [0.25, 0.3) is 0 Å². The number of nitrogens with zero attached hydrogens (tertiary/aromatic N) is 2. The predicted molar refractivity (Wildman–Crippen MR) is 80.1 cm³/mol. The second-order valence-electron chi connectivity index (χ2n) is 4.57. The van der Waals surface area contributed by atoms with Crippen molar-refractivity contribution in [2.45, 2.75) is 0 Å². The van der Waals surface area contributed by atoms with Crippen molar-refractivity contribution in [2.24, 2.45) is 0 Å². The Morgan fingerprint density at radius 3 is 2.67 bits per heavy atom. The van der Waals surface area contributed by atoms with E-state index in [1.165, 1.54) is 0 Å². The van der Waals surface area contributed by atoms with E-state index in [-0.39, 0.29) is 11.4 Å². The molecule has 0 fully saturated rings. The van der Waals surface area contributed by atoms with E-state index < -0.39 is 0 Å². The Morgan fingerprint density at radius 2 is 1.90 bits per heavy atom. The minimum absolute atomic E-state index is 0.0874. The van der Waals surface area contributed by atoms with Crippen LogP contribution in [0.3, 0.4) is 0 Å². The van der Waals surface area contributed by atoms with Gasteiger partial charge < -0.3 is 9.84 Å². The fraction of sp³-hybridized carbons (Fsp3) is 0.0588. The third-order valence-electron chi connectivity index (χ3n) is 3.32. The Morgan fingerprint density at radius 1 is 1.10 bits per heavy atom. The first kappa shape index (κ1) is 12.9. The molecule has 0 atom stereocenters. The van der Waals surface area contributed by atoms with E-state index in [2.05, 4.69) is 11.1 Å². The van der Waals surface area contributed by atoms with Gasteiger partial charge in [-0.2, -0.15) is 5.26 Å². The molecule has 4 nitrogen and oxygen atoms in total. The Labute approximate surface area is 121 Å². The number of rotatable bonds is 2. The van der Waals surface area contributed by atoms with Crippen molar-refractivity contribution in [1.29, 1.82) is 5.26 Å². The molecular weight excluding hydrogens is 264 g/mol. The van der Waals surface area contributed by atoms with Gasteiger partial charge in [0.05, 0.1) is 12.6 Å². The molecule has 21 heavy (non-hydrogen) atoms. The molecule has 0 aliphatic rings. The number of benzene rings is 2. The summed E-state index contributed by atoms with van der Waals surface area (Å²) in [6.07, 6.45) is 0. The number of hydrogen-bond donors (Lipinski definition) is 1. The lowest BCUT2D eigenvalue weighted by molar-refractivity contribution is 0.412. The van der Waals surface area contributed by atoms with Crippen molar-refractivity contribution in [2.75, 3.05) is 7.11 Å². The molecule has 102 valence electrons. The molecule has 0 saturated heterocycles. The van der Waals surface area contributed by atoms with Gasteiger partial charge in [-0.25, -0.2) is 4.98 Å². The first-order chi connectivity index (χ1) is 10.2. The molecule has 3 aromatic rings. The summed E-state index contributed by atoms with van der Waals surface area (Å²) in [6, 6.07) is 16.4. The van der Waals surface area contributed by atoms with Gasteiger partial charge >= 0.3 is 0 Å². The molecule has 0 aliphatic carbocycles. The van der Waals surface area contributed by atoms with Crippen LogP contribution in [0.5, 0.6) is 11.5 Å². The lowest BCUT2D eigenvalue weighted by atomic mass is 10.0. The van der Waals surface area contributed by atoms with Crippen LogP contribution in [0.25, 0.3) is 22.0 Å². The minimum Gasteiger partial charge on any atom is -0.507 e. The number of hydrogen-bond acceptors (Lipinski definition) is 4. The van der Waals surface area contributed by atoms with E-state index in [0.29, 0.717) is 16.9 Å². The molecular formula is C17H12N2O2. The van der Waals surface area contributed by atoms with Crippen LogP contribution in [0.4, 0.5) is 0 Å². The maximum absolute atomic E-state index is 10.1. The number of ether oxygens (including phenoxy) is 1. The molecule has 2 aromatic carbocycles. The van der Waals surface area contributed by atoms with Gasteiger partial charge in [-0.3, -0.25) is 0 Å². The average molecular weight is 276 g/mol. The van der Waals surface area contributed by atoms with E-state index in [1.54, 1.807) is 25.3 Å². The zero-order chi connectivity index (χ0) is 14.8. The molecule has 0 aliphatic heterocycles. The molecule has 0 amide bonds. The first-order valence-corrected chi connectivity index (χ1v) is 6.40. The van der Waals surface area contributed by atoms with E-state index >= 15 is 0 Å². The van der Waals surface area contributed by atoms with E-state index in [4.69, 9.17) is 4.74 Å². The second-order valence-corrected chi connectivity index (χ2v) is 4.57. The summed E-state index contributed by atoms with van der Waals surface area (Å²) in [5, 5.41) is 20.3. The number of phenolic OH excluding ortho intramolecular Hbond substituents is 1. The quantitative estimate of drug-likeness (QED) is 0.778. The highest BCUT2D eigenvalue weighted by atomic mass is 16.5. The molecule has 1 aromatic heterocycles. The van der Waals surface area contributed by atoms with Crippen molar-refractivity contribution in [1.82, 2.24) is 4.98 Å². The average Bonchev–Trinajstić information content (AvgIpc) is 2.54. The SMILES string of the molecule is COc1ccc(O)c(-c2cc3ccccc3nc2C#N)c1. The van der Waals surface area contributed by atoms with Gasteiger partial charge in [0.1, 0.15) is 23.3 Å². The zero-order valence-corrected chi connectivity index (χ0v) is 11.4. The Balaban J connectivity index is 2.31. The van der Waals surface area contributed by atoms with Crippen LogP contribution >= 0.6 is 0 Å². The molecule has 0 bridgehead atoms. The number of methoxy groups -OCH3 is 1. The smallest absolute Gasteiger partial charge is 0.149 e. The normalized spacial score (nSPS) is 10.3. The summed E-state index contributed by atoms with van der Waals surface area (Å²) < 4.78 is 5.18. The van der Waals surface area contributed by atoms with E-state index in [9.17, 15) is 10.4 Å². The minimum atomic E-state index is 0.0874.